The molecular weight excluding hydrogens is 742 g/mol. The van der Waals surface area contributed by atoms with Crippen LogP contribution in [0.1, 0.15) is 0 Å². The first-order valence-corrected chi connectivity index (χ1v) is 20.7. The molecule has 0 bridgehead atoms. The highest BCUT2D eigenvalue weighted by Gasteiger charge is 2.35. The van der Waals surface area contributed by atoms with Crippen molar-refractivity contribution in [3.8, 4) is 34.5 Å². The minimum Gasteiger partial charge on any atom is -0.386 e. The Hall–Kier alpha value is -6.72. The Morgan fingerprint density at radius 3 is 0.679 bits per heavy atom. The fraction of sp³-hybridized carbons (Fsp3) is 0. The maximum absolute atomic E-state index is 14.5. The highest BCUT2D eigenvalue weighted by atomic mass is 31.2. The molecule has 0 spiro atoms. The van der Waals surface area contributed by atoms with Gasteiger partial charge in [0.15, 0.2) is 0 Å². The van der Waals surface area contributed by atoms with E-state index in [0.29, 0.717) is 23.0 Å². The smallest absolute Gasteiger partial charge is 0.386 e. The molecule has 0 unspecified atom stereocenters. The molecule has 0 amide bonds. The lowest BCUT2D eigenvalue weighted by Gasteiger charge is -2.21. The van der Waals surface area contributed by atoms with E-state index in [0.717, 1.165) is 43.1 Å². The highest BCUT2D eigenvalue weighted by molar-refractivity contribution is 7.50. The molecular formula is C46H32O8P2. The second-order valence-electron chi connectivity index (χ2n) is 12.9. The van der Waals surface area contributed by atoms with E-state index in [1.165, 1.54) is 24.3 Å². The summed E-state index contributed by atoms with van der Waals surface area (Å²) in [4.78, 5) is 0. The van der Waals surface area contributed by atoms with Crippen LogP contribution in [0.2, 0.25) is 0 Å². The molecule has 0 atom stereocenters. The third-order valence-electron chi connectivity index (χ3n) is 9.01. The molecule has 0 aliphatic heterocycles. The fourth-order valence-corrected chi connectivity index (χ4v) is 8.82. The van der Waals surface area contributed by atoms with Crippen molar-refractivity contribution >= 4 is 58.7 Å². The Balaban J connectivity index is 1.00. The van der Waals surface area contributed by atoms with Crippen molar-refractivity contribution in [2.45, 2.75) is 0 Å². The summed E-state index contributed by atoms with van der Waals surface area (Å²) in [6, 6.07) is 58.5. The van der Waals surface area contributed by atoms with E-state index in [1.54, 1.807) is 48.5 Å². The molecule has 0 aliphatic carbocycles. The van der Waals surface area contributed by atoms with Gasteiger partial charge in [0.05, 0.1) is 0 Å². The Bertz CT molecular complexity index is 2600. The molecule has 9 aromatic carbocycles. The van der Waals surface area contributed by atoms with Crippen molar-refractivity contribution < 1.29 is 36.3 Å². The molecule has 274 valence electrons. The van der Waals surface area contributed by atoms with Crippen molar-refractivity contribution in [1.82, 2.24) is 0 Å². The summed E-state index contributed by atoms with van der Waals surface area (Å²) in [6.07, 6.45) is 0. The van der Waals surface area contributed by atoms with Crippen LogP contribution in [0.5, 0.6) is 34.5 Å². The van der Waals surface area contributed by atoms with Gasteiger partial charge in [-0.15, -0.1) is 0 Å². The Kier molecular flexibility index (Phi) is 9.28. The van der Waals surface area contributed by atoms with Gasteiger partial charge in [0.25, 0.3) is 0 Å². The van der Waals surface area contributed by atoms with Crippen LogP contribution >= 0.6 is 15.6 Å². The Morgan fingerprint density at radius 2 is 0.429 bits per heavy atom. The molecule has 9 rings (SSSR count). The molecule has 0 saturated carbocycles. The van der Waals surface area contributed by atoms with Gasteiger partial charge < -0.3 is 27.1 Å². The standard InChI is InChI=1S/C46H32O8P2/c47-55(51-43-21-17-33-9-1-5-13-37(33)29-43,52-44-22-18-34-10-2-6-14-38(34)30-44)49-41-25-27-42(28-26-41)50-56(48,53-45-23-19-35-11-3-7-15-39(35)31-45)54-46-24-20-36-12-4-8-16-40(36)32-46/h1-32H. The van der Waals surface area contributed by atoms with Gasteiger partial charge in [-0.05, 0) is 116 Å². The number of rotatable bonds is 12. The van der Waals surface area contributed by atoms with Crippen molar-refractivity contribution in [2.75, 3.05) is 0 Å². The van der Waals surface area contributed by atoms with Crippen LogP contribution in [0.4, 0.5) is 0 Å². The number of hydrogen-bond donors (Lipinski definition) is 0. The predicted octanol–water partition coefficient (Wildman–Crippen LogP) is 13.6. The number of hydrogen-bond acceptors (Lipinski definition) is 8. The molecule has 10 heteroatoms. The highest BCUT2D eigenvalue weighted by Crippen LogP contribution is 2.53. The predicted molar refractivity (Wildman–Crippen MR) is 221 cm³/mol. The second kappa shape index (κ2) is 14.8. The van der Waals surface area contributed by atoms with Crippen LogP contribution < -0.4 is 27.1 Å². The topological polar surface area (TPSA) is 89.5 Å². The van der Waals surface area contributed by atoms with E-state index < -0.39 is 15.6 Å². The minimum absolute atomic E-state index is 0.142. The van der Waals surface area contributed by atoms with E-state index in [-0.39, 0.29) is 11.5 Å². The normalized spacial score (nSPS) is 11.7. The van der Waals surface area contributed by atoms with Crippen LogP contribution in [0.3, 0.4) is 0 Å². The zero-order chi connectivity index (χ0) is 38.0. The van der Waals surface area contributed by atoms with Crippen LogP contribution in [-0.4, -0.2) is 0 Å². The van der Waals surface area contributed by atoms with Crippen LogP contribution in [0.15, 0.2) is 194 Å². The van der Waals surface area contributed by atoms with Gasteiger partial charge in [0.2, 0.25) is 0 Å². The third-order valence-corrected chi connectivity index (χ3v) is 11.6. The van der Waals surface area contributed by atoms with Gasteiger partial charge in [0.1, 0.15) is 34.5 Å². The number of phosphoric ester groups is 2. The lowest BCUT2D eigenvalue weighted by molar-refractivity contribution is 0.294. The van der Waals surface area contributed by atoms with Crippen LogP contribution in [-0.2, 0) is 9.13 Å². The first-order chi connectivity index (χ1) is 27.3. The second-order valence-corrected chi connectivity index (χ2v) is 15.8. The summed E-state index contributed by atoms with van der Waals surface area (Å²) in [6.45, 7) is 0. The maximum atomic E-state index is 14.5. The van der Waals surface area contributed by atoms with Crippen molar-refractivity contribution in [2.24, 2.45) is 0 Å². The van der Waals surface area contributed by atoms with Gasteiger partial charge in [-0.2, -0.15) is 9.13 Å². The molecule has 8 nitrogen and oxygen atoms in total. The summed E-state index contributed by atoms with van der Waals surface area (Å²) in [7, 11) is -8.75. The summed E-state index contributed by atoms with van der Waals surface area (Å²) in [5.74, 6) is 1.47. The van der Waals surface area contributed by atoms with Crippen molar-refractivity contribution in [3.05, 3.63) is 194 Å². The zero-order valence-electron chi connectivity index (χ0n) is 29.6. The van der Waals surface area contributed by atoms with Gasteiger partial charge in [-0.3, -0.25) is 0 Å². The monoisotopic (exact) mass is 774 g/mol. The summed E-state index contributed by atoms with van der Waals surface area (Å²) in [5.41, 5.74) is 0. The largest absolute Gasteiger partial charge is 0.647 e. The van der Waals surface area contributed by atoms with Crippen molar-refractivity contribution in [3.63, 3.8) is 0 Å². The Labute approximate surface area is 322 Å². The minimum atomic E-state index is -4.37. The molecule has 0 N–H and O–H groups in total. The van der Waals surface area contributed by atoms with Crippen LogP contribution in [0.25, 0.3) is 43.1 Å². The van der Waals surface area contributed by atoms with E-state index in [1.807, 2.05) is 121 Å². The van der Waals surface area contributed by atoms with E-state index >= 15 is 0 Å². The van der Waals surface area contributed by atoms with Gasteiger partial charge in [0, 0.05) is 0 Å². The average molecular weight is 775 g/mol. The van der Waals surface area contributed by atoms with Gasteiger partial charge in [-0.25, -0.2) is 0 Å². The molecule has 0 radical (unpaired) electrons. The number of fused-ring (bicyclic) bond motifs is 4. The number of benzene rings is 9. The molecule has 9 aromatic rings. The SMILES string of the molecule is O=P(Oc1ccc(OP(=O)(Oc2ccc3ccccc3c2)Oc2ccc3ccccc3c2)cc1)(Oc1ccc2ccccc2c1)Oc1ccc2ccccc2c1. The lowest BCUT2D eigenvalue weighted by atomic mass is 10.1. The summed E-state index contributed by atoms with van der Waals surface area (Å²) < 4.78 is 65.2. The third kappa shape index (κ3) is 7.89. The quantitative estimate of drug-likeness (QED) is 0.113. The van der Waals surface area contributed by atoms with Crippen LogP contribution in [0, 0.1) is 0 Å². The molecule has 0 saturated heterocycles. The van der Waals surface area contributed by atoms with Gasteiger partial charge >= 0.3 is 15.6 Å². The molecule has 0 aliphatic rings. The van der Waals surface area contributed by atoms with E-state index in [2.05, 4.69) is 0 Å². The van der Waals surface area contributed by atoms with Crippen molar-refractivity contribution in [1.29, 1.82) is 0 Å². The number of phosphoric acid groups is 2. The molecule has 0 aromatic heterocycles. The first-order valence-electron chi connectivity index (χ1n) is 17.8. The zero-order valence-corrected chi connectivity index (χ0v) is 31.4. The average Bonchev–Trinajstić information content (AvgIpc) is 3.21. The van der Waals surface area contributed by atoms with Gasteiger partial charge in [-0.1, -0.05) is 121 Å². The lowest BCUT2D eigenvalue weighted by Crippen LogP contribution is -2.08. The summed E-state index contributed by atoms with van der Waals surface area (Å²) in [5, 5.41) is 7.55. The molecule has 56 heavy (non-hydrogen) atoms. The summed E-state index contributed by atoms with van der Waals surface area (Å²) >= 11 is 0. The Morgan fingerprint density at radius 1 is 0.232 bits per heavy atom. The molecule has 0 heterocycles. The van der Waals surface area contributed by atoms with E-state index in [4.69, 9.17) is 27.1 Å². The van der Waals surface area contributed by atoms with E-state index in [9.17, 15) is 9.13 Å². The molecule has 0 fully saturated rings. The maximum Gasteiger partial charge on any atom is 0.647 e. The fourth-order valence-electron chi connectivity index (χ4n) is 6.34. The first kappa shape index (κ1) is 35.0.